The molecule has 8 nitrogen and oxygen atoms in total. The standard InChI is InChI=1S/C17H25N5O3/c1-9(2)8-22-14-13(16(24)21-17(22)25)11(15(23)19-6-5-18)7-12(20-14)10(3)4/h7,9-10H,5-6,8,18H2,1-4H3,(H,19,23)(H,21,24,25). The summed E-state index contributed by atoms with van der Waals surface area (Å²) in [4.78, 5) is 44.0. The number of rotatable bonds is 6. The second-order valence-corrected chi connectivity index (χ2v) is 6.76. The molecular formula is C17H25N5O3. The molecule has 25 heavy (non-hydrogen) atoms. The minimum Gasteiger partial charge on any atom is -0.351 e. The highest BCUT2D eigenvalue weighted by Crippen LogP contribution is 2.20. The van der Waals surface area contributed by atoms with Crippen molar-refractivity contribution in [2.75, 3.05) is 13.1 Å². The molecule has 0 saturated heterocycles. The number of carbonyl (C=O) groups excluding carboxylic acids is 1. The fraction of sp³-hybridized carbons (Fsp3) is 0.529. The average molecular weight is 347 g/mol. The SMILES string of the molecule is CC(C)Cn1c(=O)[nH]c(=O)c2c(C(=O)NCCN)cc(C(C)C)nc21. The fourth-order valence-electron chi connectivity index (χ4n) is 2.58. The van der Waals surface area contributed by atoms with Gasteiger partial charge in [0.15, 0.2) is 5.65 Å². The molecule has 2 aromatic rings. The number of amides is 1. The molecule has 2 aromatic heterocycles. The van der Waals surface area contributed by atoms with Crippen LogP contribution in [-0.4, -0.2) is 33.5 Å². The van der Waals surface area contributed by atoms with Crippen LogP contribution in [-0.2, 0) is 6.54 Å². The molecule has 2 heterocycles. The number of hydrogen-bond donors (Lipinski definition) is 3. The first kappa shape index (κ1) is 18.9. The van der Waals surface area contributed by atoms with Crippen LogP contribution >= 0.6 is 0 Å². The largest absolute Gasteiger partial charge is 0.351 e. The van der Waals surface area contributed by atoms with E-state index in [1.54, 1.807) is 6.07 Å². The summed E-state index contributed by atoms with van der Waals surface area (Å²) >= 11 is 0. The van der Waals surface area contributed by atoms with Gasteiger partial charge in [-0.15, -0.1) is 0 Å². The van der Waals surface area contributed by atoms with E-state index >= 15 is 0 Å². The monoisotopic (exact) mass is 347 g/mol. The van der Waals surface area contributed by atoms with Crippen LogP contribution in [0.25, 0.3) is 11.0 Å². The highest BCUT2D eigenvalue weighted by atomic mass is 16.2. The first-order chi connectivity index (χ1) is 11.8. The van der Waals surface area contributed by atoms with Gasteiger partial charge in [0.1, 0.15) is 0 Å². The number of aromatic amines is 1. The summed E-state index contributed by atoms with van der Waals surface area (Å²) in [5.74, 6) is -0.196. The molecule has 0 bridgehead atoms. The topological polar surface area (TPSA) is 123 Å². The Morgan fingerprint density at radius 2 is 2.00 bits per heavy atom. The number of H-pyrrole nitrogens is 1. The lowest BCUT2D eigenvalue weighted by atomic mass is 10.0. The van der Waals surface area contributed by atoms with Crippen LogP contribution in [0.2, 0.25) is 0 Å². The van der Waals surface area contributed by atoms with Gasteiger partial charge >= 0.3 is 5.69 Å². The maximum absolute atomic E-state index is 12.5. The molecule has 0 saturated carbocycles. The third-order valence-electron chi connectivity index (χ3n) is 3.78. The summed E-state index contributed by atoms with van der Waals surface area (Å²) in [6, 6.07) is 1.61. The van der Waals surface area contributed by atoms with Gasteiger partial charge < -0.3 is 11.1 Å². The normalized spacial score (nSPS) is 11.5. The molecule has 0 fully saturated rings. The van der Waals surface area contributed by atoms with E-state index in [0.29, 0.717) is 25.3 Å². The number of hydrogen-bond acceptors (Lipinski definition) is 5. The van der Waals surface area contributed by atoms with Crippen LogP contribution in [0.1, 0.15) is 49.7 Å². The molecule has 0 aromatic carbocycles. The first-order valence-electron chi connectivity index (χ1n) is 8.42. The Labute approximate surface area is 145 Å². The zero-order valence-electron chi connectivity index (χ0n) is 15.0. The van der Waals surface area contributed by atoms with Gasteiger partial charge in [0, 0.05) is 25.3 Å². The zero-order valence-corrected chi connectivity index (χ0v) is 15.0. The molecule has 1 amide bonds. The highest BCUT2D eigenvalue weighted by molar-refractivity contribution is 6.05. The lowest BCUT2D eigenvalue weighted by molar-refractivity contribution is 0.0956. The number of nitrogens with one attached hydrogen (secondary N) is 2. The molecule has 0 aliphatic carbocycles. The number of fused-ring (bicyclic) bond motifs is 1. The van der Waals surface area contributed by atoms with Crippen LogP contribution in [0, 0.1) is 5.92 Å². The number of nitrogens with zero attached hydrogens (tertiary/aromatic N) is 2. The number of aromatic nitrogens is 3. The zero-order chi connectivity index (χ0) is 18.7. The van der Waals surface area contributed by atoms with E-state index in [0.717, 1.165) is 0 Å². The van der Waals surface area contributed by atoms with Crippen molar-refractivity contribution < 1.29 is 4.79 Å². The minimum absolute atomic E-state index is 0.0346. The van der Waals surface area contributed by atoms with Crippen molar-refractivity contribution in [2.45, 2.75) is 40.2 Å². The van der Waals surface area contributed by atoms with Crippen molar-refractivity contribution in [1.82, 2.24) is 19.9 Å². The Balaban J connectivity index is 2.85. The summed E-state index contributed by atoms with van der Waals surface area (Å²) < 4.78 is 1.42. The van der Waals surface area contributed by atoms with E-state index in [4.69, 9.17) is 5.73 Å². The molecule has 0 unspecified atom stereocenters. The maximum atomic E-state index is 12.5. The van der Waals surface area contributed by atoms with Crippen molar-refractivity contribution in [3.05, 3.63) is 38.2 Å². The van der Waals surface area contributed by atoms with Gasteiger partial charge in [0.2, 0.25) is 0 Å². The second-order valence-electron chi connectivity index (χ2n) is 6.76. The van der Waals surface area contributed by atoms with Crippen molar-refractivity contribution in [3.63, 3.8) is 0 Å². The molecule has 8 heteroatoms. The third-order valence-corrected chi connectivity index (χ3v) is 3.78. The van der Waals surface area contributed by atoms with Gasteiger partial charge in [-0.25, -0.2) is 9.78 Å². The number of pyridine rings is 1. The summed E-state index contributed by atoms with van der Waals surface area (Å²) in [6.07, 6.45) is 0. The van der Waals surface area contributed by atoms with Crippen LogP contribution < -0.4 is 22.3 Å². The molecule has 0 spiro atoms. The van der Waals surface area contributed by atoms with Gasteiger partial charge in [-0.1, -0.05) is 27.7 Å². The van der Waals surface area contributed by atoms with E-state index in [2.05, 4.69) is 15.3 Å². The quantitative estimate of drug-likeness (QED) is 0.704. The van der Waals surface area contributed by atoms with Crippen LogP contribution in [0.15, 0.2) is 15.7 Å². The van der Waals surface area contributed by atoms with Gasteiger partial charge in [-0.2, -0.15) is 0 Å². The van der Waals surface area contributed by atoms with Crippen molar-refractivity contribution in [1.29, 1.82) is 0 Å². The predicted molar refractivity (Wildman–Crippen MR) is 96.9 cm³/mol. The molecule has 0 radical (unpaired) electrons. The Morgan fingerprint density at radius 3 is 2.56 bits per heavy atom. The van der Waals surface area contributed by atoms with Crippen LogP contribution in [0.5, 0.6) is 0 Å². The van der Waals surface area contributed by atoms with E-state index in [1.807, 2.05) is 27.7 Å². The predicted octanol–water partition coefficient (Wildman–Crippen LogP) is 0.553. The lowest BCUT2D eigenvalue weighted by Gasteiger charge is -2.15. The maximum Gasteiger partial charge on any atom is 0.330 e. The smallest absolute Gasteiger partial charge is 0.330 e. The van der Waals surface area contributed by atoms with Gasteiger partial charge in [-0.05, 0) is 17.9 Å². The van der Waals surface area contributed by atoms with Crippen LogP contribution in [0.4, 0.5) is 0 Å². The molecule has 0 aliphatic rings. The Morgan fingerprint density at radius 1 is 1.32 bits per heavy atom. The van der Waals surface area contributed by atoms with Crippen molar-refractivity contribution in [2.24, 2.45) is 11.7 Å². The molecule has 2 rings (SSSR count). The van der Waals surface area contributed by atoms with Gasteiger partial charge in [0.05, 0.1) is 10.9 Å². The third kappa shape index (κ3) is 3.96. The number of carbonyl (C=O) groups is 1. The van der Waals surface area contributed by atoms with E-state index in [1.165, 1.54) is 4.57 Å². The summed E-state index contributed by atoms with van der Waals surface area (Å²) in [7, 11) is 0. The van der Waals surface area contributed by atoms with Crippen LogP contribution in [0.3, 0.4) is 0 Å². The van der Waals surface area contributed by atoms with E-state index in [-0.39, 0.29) is 28.4 Å². The summed E-state index contributed by atoms with van der Waals surface area (Å²) in [5.41, 5.74) is 5.40. The average Bonchev–Trinajstić information content (AvgIpc) is 2.54. The van der Waals surface area contributed by atoms with Crippen molar-refractivity contribution >= 4 is 16.9 Å². The molecule has 0 aliphatic heterocycles. The minimum atomic E-state index is -0.610. The molecule has 136 valence electrons. The van der Waals surface area contributed by atoms with Gasteiger partial charge in [-0.3, -0.25) is 19.1 Å². The first-order valence-corrected chi connectivity index (χ1v) is 8.42. The molecular weight excluding hydrogens is 322 g/mol. The summed E-state index contributed by atoms with van der Waals surface area (Å²) in [5, 5.41) is 2.80. The van der Waals surface area contributed by atoms with E-state index < -0.39 is 17.2 Å². The van der Waals surface area contributed by atoms with Crippen molar-refractivity contribution in [3.8, 4) is 0 Å². The highest BCUT2D eigenvalue weighted by Gasteiger charge is 2.20. The van der Waals surface area contributed by atoms with E-state index in [9.17, 15) is 14.4 Å². The van der Waals surface area contributed by atoms with Gasteiger partial charge in [0.25, 0.3) is 11.5 Å². The number of nitrogens with two attached hydrogens (primary N) is 1. The molecule has 0 atom stereocenters. The Hall–Kier alpha value is -2.48. The Bertz CT molecular complexity index is 896. The molecule has 4 N–H and O–H groups in total. The summed E-state index contributed by atoms with van der Waals surface area (Å²) in [6.45, 7) is 8.78. The Kier molecular flexibility index (Phi) is 5.73. The lowest BCUT2D eigenvalue weighted by Crippen LogP contribution is -2.35. The fourth-order valence-corrected chi connectivity index (χ4v) is 2.58. The second kappa shape index (κ2) is 7.60.